The van der Waals surface area contributed by atoms with Crippen LogP contribution >= 0.6 is 0 Å². The van der Waals surface area contributed by atoms with Crippen molar-refractivity contribution in [1.82, 2.24) is 10.9 Å². The van der Waals surface area contributed by atoms with Crippen LogP contribution in [0.25, 0.3) is 11.1 Å². The van der Waals surface area contributed by atoms with Crippen molar-refractivity contribution in [3.05, 3.63) is 59.7 Å². The molecular formula is C23H26N2O6. The van der Waals surface area contributed by atoms with E-state index < -0.39 is 36.1 Å². The minimum Gasteiger partial charge on any atom is -0.480 e. The fourth-order valence-electron chi connectivity index (χ4n) is 3.53. The highest BCUT2D eigenvalue weighted by Crippen LogP contribution is 2.44. The molecule has 164 valence electrons. The zero-order valence-corrected chi connectivity index (χ0v) is 17.7. The number of fused-ring (bicyclic) bond motifs is 3. The molecule has 0 heterocycles. The number of nitrogens with one attached hydrogen (secondary N) is 2. The molecule has 3 N–H and O–H groups in total. The second-order valence-corrected chi connectivity index (χ2v) is 8.28. The number of amides is 1. The molecule has 2 aromatic rings. The second-order valence-electron chi connectivity index (χ2n) is 8.28. The van der Waals surface area contributed by atoms with Crippen LogP contribution in [-0.2, 0) is 19.1 Å². The summed E-state index contributed by atoms with van der Waals surface area (Å²) in [6.45, 7) is 5.14. The zero-order valence-electron chi connectivity index (χ0n) is 17.7. The number of hydrogen-bond donors (Lipinski definition) is 3. The molecule has 0 unspecified atom stereocenters. The summed E-state index contributed by atoms with van der Waals surface area (Å²) >= 11 is 0. The molecule has 0 saturated carbocycles. The van der Waals surface area contributed by atoms with Gasteiger partial charge in [0.25, 0.3) is 0 Å². The first kappa shape index (κ1) is 22.3. The number of benzene rings is 2. The molecule has 1 aliphatic rings. The maximum Gasteiger partial charge on any atom is 0.421 e. The lowest BCUT2D eigenvalue weighted by Crippen LogP contribution is -2.49. The maximum atomic E-state index is 12.2. The van der Waals surface area contributed by atoms with Gasteiger partial charge in [-0.2, -0.15) is 0 Å². The Morgan fingerprint density at radius 3 is 2.06 bits per heavy atom. The van der Waals surface area contributed by atoms with Gasteiger partial charge in [-0.3, -0.25) is 15.0 Å². The van der Waals surface area contributed by atoms with Crippen molar-refractivity contribution in [3.63, 3.8) is 0 Å². The van der Waals surface area contributed by atoms with E-state index in [-0.39, 0.29) is 12.5 Å². The number of esters is 1. The Labute approximate surface area is 180 Å². The van der Waals surface area contributed by atoms with Gasteiger partial charge < -0.3 is 14.6 Å². The predicted molar refractivity (Wildman–Crippen MR) is 113 cm³/mol. The summed E-state index contributed by atoms with van der Waals surface area (Å²) in [6, 6.07) is 14.5. The minimum atomic E-state index is -1.35. The quantitative estimate of drug-likeness (QED) is 0.460. The van der Waals surface area contributed by atoms with Crippen LogP contribution < -0.4 is 10.9 Å². The molecule has 1 amide bonds. The smallest absolute Gasteiger partial charge is 0.421 e. The number of aliphatic carboxylic acids is 1. The Bertz CT molecular complexity index is 937. The summed E-state index contributed by atoms with van der Waals surface area (Å²) in [7, 11) is 0. The number of hydrogen-bond acceptors (Lipinski definition) is 6. The Kier molecular flexibility index (Phi) is 6.60. The van der Waals surface area contributed by atoms with Gasteiger partial charge in [-0.15, -0.1) is 0 Å². The predicted octanol–water partition coefficient (Wildman–Crippen LogP) is 3.21. The van der Waals surface area contributed by atoms with Crippen molar-refractivity contribution < 1.29 is 29.0 Å². The third-order valence-electron chi connectivity index (χ3n) is 4.78. The Hall–Kier alpha value is -3.39. The molecule has 0 fully saturated rings. The maximum absolute atomic E-state index is 12.2. The third kappa shape index (κ3) is 5.61. The van der Waals surface area contributed by atoms with E-state index in [0.717, 1.165) is 22.3 Å². The molecule has 0 bridgehead atoms. The summed E-state index contributed by atoms with van der Waals surface area (Å²) < 4.78 is 10.5. The number of hydrazine groups is 1. The topological polar surface area (TPSA) is 114 Å². The largest absolute Gasteiger partial charge is 0.480 e. The van der Waals surface area contributed by atoms with E-state index in [4.69, 9.17) is 9.47 Å². The molecule has 0 saturated heterocycles. The van der Waals surface area contributed by atoms with Crippen LogP contribution in [0.3, 0.4) is 0 Å². The van der Waals surface area contributed by atoms with Gasteiger partial charge in [0.05, 0.1) is 6.42 Å². The number of ether oxygens (including phenoxy) is 2. The monoisotopic (exact) mass is 426 g/mol. The van der Waals surface area contributed by atoms with Crippen molar-refractivity contribution in [2.24, 2.45) is 0 Å². The second kappa shape index (κ2) is 9.18. The first-order chi connectivity index (χ1) is 14.7. The van der Waals surface area contributed by atoms with Crippen LogP contribution in [-0.4, -0.2) is 41.4 Å². The fourth-order valence-corrected chi connectivity index (χ4v) is 3.53. The SMILES string of the molecule is CC(C)(C)OC(=O)C[C@H](NNC(=O)OCC1c2ccccc2-c2ccccc21)C(=O)O. The highest BCUT2D eigenvalue weighted by molar-refractivity contribution is 5.82. The molecule has 0 aliphatic heterocycles. The molecular weight excluding hydrogens is 400 g/mol. The van der Waals surface area contributed by atoms with Crippen molar-refractivity contribution in [1.29, 1.82) is 0 Å². The lowest BCUT2D eigenvalue weighted by Gasteiger charge is -2.21. The summed E-state index contributed by atoms with van der Waals surface area (Å²) in [6.07, 6.45) is -1.28. The van der Waals surface area contributed by atoms with Gasteiger partial charge >= 0.3 is 18.0 Å². The molecule has 1 aliphatic carbocycles. The van der Waals surface area contributed by atoms with Crippen LogP contribution in [0.1, 0.15) is 44.2 Å². The minimum absolute atomic E-state index is 0.0886. The Balaban J connectivity index is 1.56. The molecule has 8 nitrogen and oxygen atoms in total. The van der Waals surface area contributed by atoms with E-state index in [1.54, 1.807) is 20.8 Å². The van der Waals surface area contributed by atoms with E-state index >= 15 is 0 Å². The van der Waals surface area contributed by atoms with Gasteiger partial charge in [0, 0.05) is 5.92 Å². The fraction of sp³-hybridized carbons (Fsp3) is 0.348. The van der Waals surface area contributed by atoms with Gasteiger partial charge in [-0.1, -0.05) is 48.5 Å². The third-order valence-corrected chi connectivity index (χ3v) is 4.78. The van der Waals surface area contributed by atoms with Crippen LogP contribution in [0.5, 0.6) is 0 Å². The average Bonchev–Trinajstić information content (AvgIpc) is 3.02. The van der Waals surface area contributed by atoms with Gasteiger partial charge in [-0.05, 0) is 43.0 Å². The van der Waals surface area contributed by atoms with E-state index in [9.17, 15) is 19.5 Å². The zero-order chi connectivity index (χ0) is 22.6. The lowest BCUT2D eigenvalue weighted by atomic mass is 9.98. The molecule has 0 spiro atoms. The first-order valence-electron chi connectivity index (χ1n) is 9.97. The molecule has 2 aromatic carbocycles. The van der Waals surface area contributed by atoms with Crippen molar-refractivity contribution in [2.45, 2.75) is 44.8 Å². The highest BCUT2D eigenvalue weighted by atomic mass is 16.6. The van der Waals surface area contributed by atoms with E-state index in [1.165, 1.54) is 0 Å². The van der Waals surface area contributed by atoms with Crippen LogP contribution in [0.4, 0.5) is 4.79 Å². The van der Waals surface area contributed by atoms with Crippen LogP contribution in [0, 0.1) is 0 Å². The van der Waals surface area contributed by atoms with E-state index in [0.29, 0.717) is 0 Å². The van der Waals surface area contributed by atoms with Crippen molar-refractivity contribution in [3.8, 4) is 11.1 Å². The number of carboxylic acids is 1. The highest BCUT2D eigenvalue weighted by Gasteiger charge is 2.29. The number of carboxylic acid groups (broad SMARTS) is 1. The average molecular weight is 426 g/mol. The standard InChI is InChI=1S/C23H26N2O6/c1-23(2,3)31-20(26)12-19(21(27)28)24-25-22(29)30-13-18-16-10-6-4-8-14(16)15-9-5-7-11-17(15)18/h4-11,18-19,24H,12-13H2,1-3H3,(H,25,29)(H,27,28)/t19-/m0/s1. The lowest BCUT2D eigenvalue weighted by molar-refractivity contribution is -0.158. The number of carbonyl (C=O) groups is 3. The van der Waals surface area contributed by atoms with Gasteiger partial charge in [0.15, 0.2) is 0 Å². The van der Waals surface area contributed by atoms with E-state index in [2.05, 4.69) is 10.9 Å². The summed E-state index contributed by atoms with van der Waals surface area (Å²) in [5.74, 6) is -2.11. The van der Waals surface area contributed by atoms with Crippen molar-refractivity contribution in [2.75, 3.05) is 6.61 Å². The molecule has 3 rings (SSSR count). The molecule has 0 aromatic heterocycles. The number of carbonyl (C=O) groups excluding carboxylic acids is 2. The van der Waals surface area contributed by atoms with Gasteiger partial charge in [0.1, 0.15) is 18.2 Å². The summed E-state index contributed by atoms with van der Waals surface area (Å²) in [5, 5.41) is 9.29. The van der Waals surface area contributed by atoms with Gasteiger partial charge in [-0.25, -0.2) is 10.2 Å². The normalized spacial score (nSPS) is 13.6. The molecule has 0 radical (unpaired) electrons. The molecule has 1 atom stereocenters. The summed E-state index contributed by atoms with van der Waals surface area (Å²) in [4.78, 5) is 35.4. The Morgan fingerprint density at radius 1 is 1.00 bits per heavy atom. The summed E-state index contributed by atoms with van der Waals surface area (Å²) in [5.41, 5.74) is 8.14. The van der Waals surface area contributed by atoms with Crippen molar-refractivity contribution >= 4 is 18.0 Å². The van der Waals surface area contributed by atoms with Crippen LogP contribution in [0.15, 0.2) is 48.5 Å². The number of rotatable bonds is 7. The molecule has 31 heavy (non-hydrogen) atoms. The van der Waals surface area contributed by atoms with Gasteiger partial charge in [0.2, 0.25) is 0 Å². The Morgan fingerprint density at radius 2 is 1.55 bits per heavy atom. The van der Waals surface area contributed by atoms with E-state index in [1.807, 2.05) is 48.5 Å². The first-order valence-corrected chi connectivity index (χ1v) is 9.97. The molecule has 8 heteroatoms. The van der Waals surface area contributed by atoms with Crippen LogP contribution in [0.2, 0.25) is 0 Å².